The maximum absolute atomic E-state index is 14.0. The molecule has 3 aromatic rings. The first-order valence-electron chi connectivity index (χ1n) is 7.33. The fraction of sp³-hybridized carbons (Fsp3) is 0.0588. The molecule has 0 atom stereocenters. The quantitative estimate of drug-likeness (QED) is 0.663. The van der Waals surface area contributed by atoms with Gasteiger partial charge in [-0.15, -0.1) is 0 Å². The van der Waals surface area contributed by atoms with Crippen molar-refractivity contribution < 1.29 is 18.3 Å². The molecule has 0 saturated heterocycles. The SMILES string of the molecule is N=C1C(c2nc3ccc(F)cc3[nH]2)=C(O)CN1c1cc(F)ccc1F. The third-order valence-electron chi connectivity index (χ3n) is 3.98. The summed E-state index contributed by atoms with van der Waals surface area (Å²) in [6.07, 6.45) is 0. The Morgan fingerprint density at radius 2 is 1.80 bits per heavy atom. The van der Waals surface area contributed by atoms with Crippen molar-refractivity contribution in [1.29, 1.82) is 5.41 Å². The number of imidazole rings is 1. The number of anilines is 1. The van der Waals surface area contributed by atoms with Gasteiger partial charge in [0.05, 0.1) is 28.8 Å². The van der Waals surface area contributed by atoms with Crippen LogP contribution in [0.5, 0.6) is 0 Å². The number of aliphatic hydroxyl groups excluding tert-OH is 1. The van der Waals surface area contributed by atoms with Gasteiger partial charge in [-0.3, -0.25) is 5.41 Å². The number of aliphatic hydroxyl groups is 1. The van der Waals surface area contributed by atoms with E-state index in [4.69, 9.17) is 5.41 Å². The van der Waals surface area contributed by atoms with Crippen LogP contribution in [-0.4, -0.2) is 27.5 Å². The van der Waals surface area contributed by atoms with Gasteiger partial charge in [-0.2, -0.15) is 0 Å². The number of halogens is 3. The van der Waals surface area contributed by atoms with Crippen molar-refractivity contribution in [3.8, 4) is 0 Å². The molecule has 126 valence electrons. The minimum absolute atomic E-state index is 0.0558. The molecule has 0 amide bonds. The summed E-state index contributed by atoms with van der Waals surface area (Å²) in [6.45, 7) is -0.194. The number of hydrogen-bond acceptors (Lipinski definition) is 3. The van der Waals surface area contributed by atoms with E-state index in [-0.39, 0.29) is 35.2 Å². The van der Waals surface area contributed by atoms with Crippen molar-refractivity contribution in [1.82, 2.24) is 9.97 Å². The van der Waals surface area contributed by atoms with Crippen molar-refractivity contribution in [3.63, 3.8) is 0 Å². The second-order valence-corrected chi connectivity index (χ2v) is 5.60. The molecule has 3 N–H and O–H groups in total. The first-order chi connectivity index (χ1) is 11.9. The van der Waals surface area contributed by atoms with Crippen molar-refractivity contribution in [2.45, 2.75) is 0 Å². The van der Waals surface area contributed by atoms with Crippen molar-refractivity contribution in [3.05, 3.63) is 65.4 Å². The molecule has 25 heavy (non-hydrogen) atoms. The van der Waals surface area contributed by atoms with E-state index in [2.05, 4.69) is 9.97 Å². The van der Waals surface area contributed by atoms with Crippen LogP contribution in [0.2, 0.25) is 0 Å². The molecule has 0 spiro atoms. The fourth-order valence-electron chi connectivity index (χ4n) is 2.83. The maximum atomic E-state index is 14.0. The minimum atomic E-state index is -0.716. The monoisotopic (exact) mass is 344 g/mol. The molecule has 2 aromatic carbocycles. The van der Waals surface area contributed by atoms with Gasteiger partial charge in [0.1, 0.15) is 34.9 Å². The predicted octanol–water partition coefficient (Wildman–Crippen LogP) is 3.75. The number of nitrogens with zero attached hydrogens (tertiary/aromatic N) is 2. The Hall–Kier alpha value is -3.29. The van der Waals surface area contributed by atoms with E-state index in [9.17, 15) is 18.3 Å². The Bertz CT molecular complexity index is 1060. The molecule has 2 heterocycles. The second kappa shape index (κ2) is 5.37. The first-order valence-corrected chi connectivity index (χ1v) is 7.33. The number of amidine groups is 1. The largest absolute Gasteiger partial charge is 0.509 e. The molecule has 0 radical (unpaired) electrons. The normalized spacial score (nSPS) is 14.8. The van der Waals surface area contributed by atoms with Gasteiger partial charge in [0.25, 0.3) is 0 Å². The van der Waals surface area contributed by atoms with Gasteiger partial charge in [0, 0.05) is 6.07 Å². The van der Waals surface area contributed by atoms with Crippen molar-refractivity contribution in [2.75, 3.05) is 11.4 Å². The van der Waals surface area contributed by atoms with E-state index in [1.165, 1.54) is 18.2 Å². The van der Waals surface area contributed by atoms with Crippen LogP contribution < -0.4 is 4.90 Å². The van der Waals surface area contributed by atoms with Gasteiger partial charge < -0.3 is 15.0 Å². The summed E-state index contributed by atoms with van der Waals surface area (Å²) < 4.78 is 40.7. The molecule has 0 aliphatic carbocycles. The highest BCUT2D eigenvalue weighted by atomic mass is 19.1. The summed E-state index contributed by atoms with van der Waals surface area (Å²) in [5.41, 5.74) is 0.757. The third kappa shape index (κ3) is 2.42. The molecule has 1 aromatic heterocycles. The van der Waals surface area contributed by atoms with Gasteiger partial charge in [0.15, 0.2) is 0 Å². The smallest absolute Gasteiger partial charge is 0.147 e. The Morgan fingerprint density at radius 3 is 2.60 bits per heavy atom. The van der Waals surface area contributed by atoms with Crippen LogP contribution in [0.3, 0.4) is 0 Å². The first kappa shape index (κ1) is 15.3. The van der Waals surface area contributed by atoms with Crippen LogP contribution in [-0.2, 0) is 0 Å². The summed E-state index contributed by atoms with van der Waals surface area (Å²) in [7, 11) is 0. The molecule has 8 heteroatoms. The lowest BCUT2D eigenvalue weighted by Crippen LogP contribution is -2.27. The van der Waals surface area contributed by atoms with Gasteiger partial charge in [-0.25, -0.2) is 18.2 Å². The standard InChI is InChI=1S/C17H11F3N4O/c18-8-2-4-11-12(5-8)23-17(22-11)15-14(25)7-24(16(15)21)13-6-9(19)1-3-10(13)20/h1-6,21,25H,7H2,(H,22,23). The molecule has 0 fully saturated rings. The molecular weight excluding hydrogens is 333 g/mol. The third-order valence-corrected chi connectivity index (χ3v) is 3.98. The zero-order valence-electron chi connectivity index (χ0n) is 12.6. The van der Waals surface area contributed by atoms with E-state index in [1.807, 2.05) is 0 Å². The van der Waals surface area contributed by atoms with Crippen LogP contribution in [0, 0.1) is 22.9 Å². The lowest BCUT2D eigenvalue weighted by atomic mass is 10.2. The van der Waals surface area contributed by atoms with Crippen LogP contribution >= 0.6 is 0 Å². The number of H-pyrrole nitrogens is 1. The van der Waals surface area contributed by atoms with Crippen LogP contribution in [0.25, 0.3) is 16.6 Å². The molecule has 0 bridgehead atoms. The highest BCUT2D eigenvalue weighted by Crippen LogP contribution is 2.32. The lowest BCUT2D eigenvalue weighted by molar-refractivity contribution is 0.411. The summed E-state index contributed by atoms with van der Waals surface area (Å²) in [5, 5.41) is 18.5. The molecule has 4 rings (SSSR count). The van der Waals surface area contributed by atoms with E-state index >= 15 is 0 Å². The van der Waals surface area contributed by atoms with Crippen LogP contribution in [0.4, 0.5) is 18.9 Å². The van der Waals surface area contributed by atoms with E-state index < -0.39 is 17.5 Å². The number of aromatic amines is 1. The lowest BCUT2D eigenvalue weighted by Gasteiger charge is -2.19. The number of hydrogen-bond donors (Lipinski definition) is 3. The number of benzene rings is 2. The topological polar surface area (TPSA) is 76.0 Å². The number of aromatic nitrogens is 2. The number of nitrogens with one attached hydrogen (secondary N) is 2. The minimum Gasteiger partial charge on any atom is -0.509 e. The Balaban J connectivity index is 1.76. The fourth-order valence-corrected chi connectivity index (χ4v) is 2.83. The Kier molecular flexibility index (Phi) is 3.28. The predicted molar refractivity (Wildman–Crippen MR) is 87.0 cm³/mol. The second-order valence-electron chi connectivity index (χ2n) is 5.60. The Labute approximate surface area is 139 Å². The molecule has 5 nitrogen and oxygen atoms in total. The average Bonchev–Trinajstić information content (AvgIpc) is 3.09. The average molecular weight is 344 g/mol. The van der Waals surface area contributed by atoms with Crippen molar-refractivity contribution in [2.24, 2.45) is 0 Å². The molecule has 0 unspecified atom stereocenters. The highest BCUT2D eigenvalue weighted by molar-refractivity contribution is 6.30. The highest BCUT2D eigenvalue weighted by Gasteiger charge is 2.32. The van der Waals surface area contributed by atoms with Crippen LogP contribution in [0.1, 0.15) is 5.82 Å². The maximum Gasteiger partial charge on any atom is 0.147 e. The number of rotatable bonds is 2. The Morgan fingerprint density at radius 1 is 1.08 bits per heavy atom. The molecule has 0 saturated carbocycles. The number of fused-ring (bicyclic) bond motifs is 1. The summed E-state index contributed by atoms with van der Waals surface area (Å²) in [5.74, 6) is -2.12. The zero-order valence-corrected chi connectivity index (χ0v) is 12.6. The molecular formula is C17H11F3N4O. The van der Waals surface area contributed by atoms with Gasteiger partial charge >= 0.3 is 0 Å². The van der Waals surface area contributed by atoms with Gasteiger partial charge in [-0.1, -0.05) is 0 Å². The zero-order chi connectivity index (χ0) is 17.7. The van der Waals surface area contributed by atoms with Gasteiger partial charge in [-0.05, 0) is 30.3 Å². The van der Waals surface area contributed by atoms with Crippen LogP contribution in [0.15, 0.2) is 42.2 Å². The summed E-state index contributed by atoms with van der Waals surface area (Å²) >= 11 is 0. The summed E-state index contributed by atoms with van der Waals surface area (Å²) in [4.78, 5) is 8.20. The molecule has 1 aliphatic heterocycles. The van der Waals surface area contributed by atoms with E-state index in [0.717, 1.165) is 23.1 Å². The summed E-state index contributed by atoms with van der Waals surface area (Å²) in [6, 6.07) is 6.83. The molecule has 1 aliphatic rings. The van der Waals surface area contributed by atoms with Crippen molar-refractivity contribution >= 4 is 28.1 Å². The van der Waals surface area contributed by atoms with E-state index in [0.29, 0.717) is 11.0 Å². The van der Waals surface area contributed by atoms with Gasteiger partial charge in [0.2, 0.25) is 0 Å². The van der Waals surface area contributed by atoms with E-state index in [1.54, 1.807) is 0 Å².